The van der Waals surface area contributed by atoms with Gasteiger partial charge in [-0.1, -0.05) is 6.07 Å². The summed E-state index contributed by atoms with van der Waals surface area (Å²) in [5.41, 5.74) is -0.447. The summed E-state index contributed by atoms with van der Waals surface area (Å²) in [4.78, 5) is 33.7. The summed E-state index contributed by atoms with van der Waals surface area (Å²) in [6, 6.07) is 1.80. The molecule has 0 bridgehead atoms. The number of carbonyl (C=O) groups is 3. The molecule has 0 aromatic heterocycles. The lowest BCUT2D eigenvalue weighted by molar-refractivity contribution is -0.144. The van der Waals surface area contributed by atoms with Crippen LogP contribution in [0.3, 0.4) is 0 Å². The van der Waals surface area contributed by atoms with Crippen molar-refractivity contribution in [2.45, 2.75) is 25.3 Å². The third-order valence-electron chi connectivity index (χ3n) is 2.90. The maximum atomic E-state index is 13.4. The van der Waals surface area contributed by atoms with Gasteiger partial charge in [0, 0.05) is 12.0 Å². The average molecular weight is 315 g/mol. The molecule has 0 heterocycles. The molecule has 2 N–H and O–H groups in total. The van der Waals surface area contributed by atoms with Crippen LogP contribution in [-0.2, 0) is 25.5 Å². The number of carbonyl (C=O) groups excluding carboxylic acids is 2. The molecular weight excluding hydrogens is 300 g/mol. The van der Waals surface area contributed by atoms with Crippen molar-refractivity contribution in [3.8, 4) is 0 Å². The van der Waals surface area contributed by atoms with E-state index in [1.807, 2.05) is 0 Å². The molecule has 0 unspecified atom stereocenters. The fraction of sp³-hybridized carbons (Fsp3) is 0.357. The van der Waals surface area contributed by atoms with Gasteiger partial charge in [0.1, 0.15) is 17.7 Å². The van der Waals surface area contributed by atoms with Gasteiger partial charge in [0.25, 0.3) is 0 Å². The van der Waals surface area contributed by atoms with Crippen molar-refractivity contribution in [2.24, 2.45) is 0 Å². The standard InChI is InChI=1S/C14H15F2NO5/c1-22-13(19)6-5-11(14(20)21)17-12(18)7-8-9(15)3-2-4-10(8)16/h2-4,11H,5-7H2,1H3,(H,17,18)(H,20,21)/t11-/m0/s1. The third-order valence-corrected chi connectivity index (χ3v) is 2.90. The highest BCUT2D eigenvalue weighted by Crippen LogP contribution is 2.13. The summed E-state index contributed by atoms with van der Waals surface area (Å²) < 4.78 is 31.2. The molecule has 8 heteroatoms. The number of benzene rings is 1. The van der Waals surface area contributed by atoms with Gasteiger partial charge in [-0.3, -0.25) is 9.59 Å². The zero-order chi connectivity index (χ0) is 16.7. The highest BCUT2D eigenvalue weighted by atomic mass is 19.1. The Labute approximate surface area is 125 Å². The van der Waals surface area contributed by atoms with Crippen LogP contribution >= 0.6 is 0 Å². The first-order valence-corrected chi connectivity index (χ1v) is 6.37. The van der Waals surface area contributed by atoms with Crippen molar-refractivity contribution >= 4 is 17.8 Å². The molecule has 0 radical (unpaired) electrons. The van der Waals surface area contributed by atoms with Gasteiger partial charge in [0.15, 0.2) is 0 Å². The van der Waals surface area contributed by atoms with Gasteiger partial charge in [-0.15, -0.1) is 0 Å². The Morgan fingerprint density at radius 3 is 2.36 bits per heavy atom. The van der Waals surface area contributed by atoms with Gasteiger partial charge >= 0.3 is 11.9 Å². The lowest BCUT2D eigenvalue weighted by Crippen LogP contribution is -2.42. The van der Waals surface area contributed by atoms with Gasteiger partial charge in [0.05, 0.1) is 13.5 Å². The third kappa shape index (κ3) is 5.12. The van der Waals surface area contributed by atoms with Crippen molar-refractivity contribution in [1.82, 2.24) is 5.32 Å². The van der Waals surface area contributed by atoms with E-state index in [9.17, 15) is 23.2 Å². The van der Waals surface area contributed by atoms with Crippen LogP contribution in [0, 0.1) is 11.6 Å². The number of carboxylic acids is 1. The first-order valence-electron chi connectivity index (χ1n) is 6.37. The van der Waals surface area contributed by atoms with Gasteiger partial charge in [-0.25, -0.2) is 13.6 Å². The molecular formula is C14H15F2NO5. The minimum absolute atomic E-state index is 0.187. The van der Waals surface area contributed by atoms with E-state index in [4.69, 9.17) is 5.11 Å². The monoisotopic (exact) mass is 315 g/mol. The molecule has 1 aromatic rings. The number of aliphatic carboxylic acids is 1. The van der Waals surface area contributed by atoms with Gasteiger partial charge in [-0.2, -0.15) is 0 Å². The van der Waals surface area contributed by atoms with Crippen molar-refractivity contribution in [1.29, 1.82) is 0 Å². The van der Waals surface area contributed by atoms with Gasteiger partial charge in [0.2, 0.25) is 5.91 Å². The summed E-state index contributed by atoms with van der Waals surface area (Å²) in [6.45, 7) is 0. The zero-order valence-electron chi connectivity index (χ0n) is 11.8. The summed E-state index contributed by atoms with van der Waals surface area (Å²) in [6.07, 6.45) is -1.03. The Kier molecular flexibility index (Phi) is 6.43. The van der Waals surface area contributed by atoms with E-state index < -0.39 is 47.5 Å². The Bertz CT molecular complexity index is 556. The molecule has 1 rings (SSSR count). The Balaban J connectivity index is 2.68. The molecule has 6 nitrogen and oxygen atoms in total. The van der Waals surface area contributed by atoms with Crippen LogP contribution in [0.25, 0.3) is 0 Å². The highest BCUT2D eigenvalue weighted by molar-refractivity contribution is 5.85. The predicted molar refractivity (Wildman–Crippen MR) is 70.9 cm³/mol. The van der Waals surface area contributed by atoms with Crippen LogP contribution in [0.1, 0.15) is 18.4 Å². The van der Waals surface area contributed by atoms with Crippen LogP contribution in [-0.4, -0.2) is 36.1 Å². The number of carboxylic acid groups (broad SMARTS) is 1. The van der Waals surface area contributed by atoms with E-state index >= 15 is 0 Å². The number of methoxy groups -OCH3 is 1. The zero-order valence-corrected chi connectivity index (χ0v) is 11.8. The summed E-state index contributed by atoms with van der Waals surface area (Å²) in [7, 11) is 1.15. The van der Waals surface area contributed by atoms with Crippen molar-refractivity contribution in [2.75, 3.05) is 7.11 Å². The number of hydrogen-bond acceptors (Lipinski definition) is 4. The maximum Gasteiger partial charge on any atom is 0.326 e. The first-order chi connectivity index (χ1) is 10.3. The molecule has 0 aliphatic rings. The summed E-state index contributed by atoms with van der Waals surface area (Å²) in [5, 5.41) is 11.1. The number of halogens is 2. The predicted octanol–water partition coefficient (Wildman–Crippen LogP) is 1.03. The molecule has 0 spiro atoms. The second-order valence-corrected chi connectivity index (χ2v) is 4.45. The van der Waals surface area contributed by atoms with E-state index in [0.29, 0.717) is 0 Å². The highest BCUT2D eigenvalue weighted by Gasteiger charge is 2.22. The average Bonchev–Trinajstić information content (AvgIpc) is 2.46. The topological polar surface area (TPSA) is 92.7 Å². The molecule has 0 aliphatic heterocycles. The van der Waals surface area contributed by atoms with Crippen LogP contribution in [0.5, 0.6) is 0 Å². The molecule has 120 valence electrons. The molecule has 0 aliphatic carbocycles. The normalized spacial score (nSPS) is 11.6. The Morgan fingerprint density at radius 2 is 1.86 bits per heavy atom. The molecule has 1 atom stereocenters. The Morgan fingerprint density at radius 1 is 1.27 bits per heavy atom. The lowest BCUT2D eigenvalue weighted by Gasteiger charge is -2.14. The molecule has 22 heavy (non-hydrogen) atoms. The number of esters is 1. The van der Waals surface area contributed by atoms with E-state index in [0.717, 1.165) is 25.3 Å². The Hall–Kier alpha value is -2.51. The number of hydrogen-bond donors (Lipinski definition) is 2. The minimum atomic E-state index is -1.36. The fourth-order valence-electron chi connectivity index (χ4n) is 1.73. The second-order valence-electron chi connectivity index (χ2n) is 4.45. The van der Waals surface area contributed by atoms with Crippen LogP contribution in [0.2, 0.25) is 0 Å². The van der Waals surface area contributed by atoms with Crippen LogP contribution in [0.15, 0.2) is 18.2 Å². The van der Waals surface area contributed by atoms with Crippen LogP contribution < -0.4 is 5.32 Å². The number of amides is 1. The molecule has 0 saturated heterocycles. The largest absolute Gasteiger partial charge is 0.480 e. The number of nitrogens with one attached hydrogen (secondary N) is 1. The van der Waals surface area contributed by atoms with Crippen molar-refractivity contribution < 1.29 is 33.0 Å². The number of ether oxygens (including phenoxy) is 1. The fourth-order valence-corrected chi connectivity index (χ4v) is 1.73. The SMILES string of the molecule is COC(=O)CC[C@H](NC(=O)Cc1c(F)cccc1F)C(=O)O. The molecule has 1 amide bonds. The van der Waals surface area contributed by atoms with Gasteiger partial charge < -0.3 is 15.2 Å². The van der Waals surface area contributed by atoms with E-state index in [1.165, 1.54) is 0 Å². The smallest absolute Gasteiger partial charge is 0.326 e. The lowest BCUT2D eigenvalue weighted by atomic mass is 10.1. The maximum absolute atomic E-state index is 13.4. The van der Waals surface area contributed by atoms with E-state index in [-0.39, 0.29) is 12.8 Å². The molecule has 0 saturated carbocycles. The van der Waals surface area contributed by atoms with Crippen molar-refractivity contribution in [3.63, 3.8) is 0 Å². The molecule has 0 fully saturated rings. The van der Waals surface area contributed by atoms with E-state index in [1.54, 1.807) is 0 Å². The minimum Gasteiger partial charge on any atom is -0.480 e. The van der Waals surface area contributed by atoms with E-state index in [2.05, 4.69) is 10.1 Å². The number of rotatable bonds is 7. The quantitative estimate of drug-likeness (QED) is 0.733. The summed E-state index contributed by atoms with van der Waals surface area (Å²) >= 11 is 0. The van der Waals surface area contributed by atoms with Gasteiger partial charge in [-0.05, 0) is 18.6 Å². The molecule has 1 aromatic carbocycles. The van der Waals surface area contributed by atoms with Crippen molar-refractivity contribution in [3.05, 3.63) is 35.4 Å². The summed E-state index contributed by atoms with van der Waals surface area (Å²) in [5.74, 6) is -4.62. The second kappa shape index (κ2) is 8.06. The van der Waals surface area contributed by atoms with Crippen LogP contribution in [0.4, 0.5) is 8.78 Å². The first kappa shape index (κ1) is 17.5.